The van der Waals surface area contributed by atoms with Crippen molar-refractivity contribution in [1.82, 2.24) is 14.4 Å². The Bertz CT molecular complexity index is 1430. The van der Waals surface area contributed by atoms with E-state index in [1.807, 2.05) is 19.1 Å². The van der Waals surface area contributed by atoms with Crippen LogP contribution in [0.3, 0.4) is 0 Å². The highest BCUT2D eigenvalue weighted by Crippen LogP contribution is 2.36. The fourth-order valence-corrected chi connectivity index (χ4v) is 5.54. The van der Waals surface area contributed by atoms with Crippen molar-refractivity contribution in [2.24, 2.45) is 0 Å². The van der Waals surface area contributed by atoms with Gasteiger partial charge in [0.1, 0.15) is 11.4 Å². The van der Waals surface area contributed by atoms with E-state index in [0.717, 1.165) is 22.1 Å². The smallest absolute Gasteiger partial charge is 0.419 e. The summed E-state index contributed by atoms with van der Waals surface area (Å²) < 4.78 is 58.0. The SMILES string of the molecule is COC(=O)c1ccc([C@@H]2CN(CC(F)(F)F)CCCN2Cc2c(OC)cc(C)c3c2ccn3C(=O)OC(C)(C)C)cc1. The summed E-state index contributed by atoms with van der Waals surface area (Å²) in [6, 6.07) is 10.1. The molecule has 1 aromatic heterocycles. The zero-order valence-electron chi connectivity index (χ0n) is 24.9. The Morgan fingerprint density at radius 3 is 2.31 bits per heavy atom. The van der Waals surface area contributed by atoms with Gasteiger partial charge in [0, 0.05) is 42.8 Å². The number of esters is 1. The van der Waals surface area contributed by atoms with Crippen molar-refractivity contribution in [2.45, 2.75) is 58.5 Å². The lowest BCUT2D eigenvalue weighted by Crippen LogP contribution is -2.39. The number of carbonyl (C=O) groups is 2. The van der Waals surface area contributed by atoms with Crippen molar-refractivity contribution < 1.29 is 37.0 Å². The molecule has 11 heteroatoms. The van der Waals surface area contributed by atoms with Crippen LogP contribution >= 0.6 is 0 Å². The standard InChI is InChI=1S/C31H38F3N3O5/c1-20-16-26(40-5)24(23-12-15-37(27(20)23)29(39)42-30(2,3)4)17-36-14-7-13-35(19-31(32,33)34)18-25(36)21-8-10-22(11-9-21)28(38)41-6/h8-12,15-16,25H,7,13-14,17-19H2,1-6H3/t25-/m0/s1. The average Bonchev–Trinajstić information content (AvgIpc) is 3.27. The molecule has 1 fully saturated rings. The van der Waals surface area contributed by atoms with Gasteiger partial charge in [0.2, 0.25) is 0 Å². The van der Waals surface area contributed by atoms with Crippen molar-refractivity contribution in [3.8, 4) is 5.75 Å². The van der Waals surface area contributed by atoms with Gasteiger partial charge < -0.3 is 14.2 Å². The third-order valence-electron chi connectivity index (χ3n) is 7.31. The number of nitrogens with zero attached hydrogens (tertiary/aromatic N) is 3. The van der Waals surface area contributed by atoms with Gasteiger partial charge in [0.25, 0.3) is 0 Å². The summed E-state index contributed by atoms with van der Waals surface area (Å²) in [6.07, 6.45) is -2.63. The van der Waals surface area contributed by atoms with Gasteiger partial charge in [-0.1, -0.05) is 12.1 Å². The summed E-state index contributed by atoms with van der Waals surface area (Å²) in [7, 11) is 2.87. The van der Waals surface area contributed by atoms with Crippen molar-refractivity contribution in [3.63, 3.8) is 0 Å². The molecule has 0 bridgehead atoms. The minimum Gasteiger partial charge on any atom is -0.496 e. The molecule has 1 saturated heterocycles. The van der Waals surface area contributed by atoms with Gasteiger partial charge in [-0.2, -0.15) is 13.2 Å². The molecule has 0 aliphatic carbocycles. The van der Waals surface area contributed by atoms with Crippen LogP contribution in [0.4, 0.5) is 18.0 Å². The van der Waals surface area contributed by atoms with Gasteiger partial charge in [-0.05, 0) is 76.1 Å². The van der Waals surface area contributed by atoms with E-state index >= 15 is 0 Å². The number of rotatable bonds is 6. The van der Waals surface area contributed by atoms with E-state index in [4.69, 9.17) is 14.2 Å². The van der Waals surface area contributed by atoms with Crippen LogP contribution in [-0.2, 0) is 16.0 Å². The molecule has 8 nitrogen and oxygen atoms in total. The molecule has 2 heterocycles. The average molecular weight is 590 g/mol. The van der Waals surface area contributed by atoms with Gasteiger partial charge in [0.05, 0.1) is 31.8 Å². The van der Waals surface area contributed by atoms with Crippen LogP contribution in [0.5, 0.6) is 5.75 Å². The lowest BCUT2D eigenvalue weighted by molar-refractivity contribution is -0.146. The number of ether oxygens (including phenoxy) is 3. The first-order chi connectivity index (χ1) is 19.7. The lowest BCUT2D eigenvalue weighted by atomic mass is 10.00. The first-order valence-corrected chi connectivity index (χ1v) is 13.8. The van der Waals surface area contributed by atoms with Gasteiger partial charge in [-0.15, -0.1) is 0 Å². The number of halogens is 3. The largest absolute Gasteiger partial charge is 0.496 e. The molecule has 1 aliphatic heterocycles. The molecule has 3 aromatic rings. The van der Waals surface area contributed by atoms with Crippen molar-refractivity contribution in [3.05, 3.63) is 64.8 Å². The fraction of sp³-hybridized carbons (Fsp3) is 0.484. The Hall–Kier alpha value is -3.57. The molecule has 1 aliphatic rings. The highest BCUT2D eigenvalue weighted by atomic mass is 19.4. The summed E-state index contributed by atoms with van der Waals surface area (Å²) in [5, 5.41) is 0.800. The zero-order chi connectivity index (χ0) is 30.8. The number of benzene rings is 2. The third kappa shape index (κ3) is 7.25. The summed E-state index contributed by atoms with van der Waals surface area (Å²) in [5.41, 5.74) is 2.79. The van der Waals surface area contributed by atoms with E-state index in [2.05, 4.69) is 4.90 Å². The van der Waals surface area contributed by atoms with Crippen LogP contribution in [0.1, 0.15) is 60.3 Å². The van der Waals surface area contributed by atoms with Crippen molar-refractivity contribution >= 4 is 23.0 Å². The van der Waals surface area contributed by atoms with Gasteiger partial charge in [-0.25, -0.2) is 9.59 Å². The first kappa shape index (κ1) is 31.4. The Labute approximate surface area is 243 Å². The number of hydrogen-bond donors (Lipinski definition) is 0. The zero-order valence-corrected chi connectivity index (χ0v) is 24.9. The van der Waals surface area contributed by atoms with E-state index in [1.54, 1.807) is 58.3 Å². The maximum absolute atomic E-state index is 13.4. The minimum absolute atomic E-state index is 0.146. The number of alkyl halides is 3. The van der Waals surface area contributed by atoms with E-state index in [1.165, 1.54) is 16.6 Å². The maximum Gasteiger partial charge on any atom is 0.419 e. The molecule has 0 spiro atoms. The van der Waals surface area contributed by atoms with Crippen LogP contribution in [-0.4, -0.2) is 78.6 Å². The Morgan fingerprint density at radius 2 is 1.71 bits per heavy atom. The molecule has 228 valence electrons. The Kier molecular flexibility index (Phi) is 9.22. The molecule has 2 aromatic carbocycles. The second kappa shape index (κ2) is 12.3. The summed E-state index contributed by atoms with van der Waals surface area (Å²) >= 11 is 0. The quantitative estimate of drug-likeness (QED) is 0.311. The second-order valence-corrected chi connectivity index (χ2v) is 11.6. The maximum atomic E-state index is 13.4. The summed E-state index contributed by atoms with van der Waals surface area (Å²) in [6.45, 7) is 7.63. The molecule has 1 atom stereocenters. The predicted molar refractivity (Wildman–Crippen MR) is 153 cm³/mol. The van der Waals surface area contributed by atoms with E-state index in [9.17, 15) is 22.8 Å². The van der Waals surface area contributed by atoms with Crippen molar-refractivity contribution in [2.75, 3.05) is 40.4 Å². The molecular formula is C31H38F3N3O5. The van der Waals surface area contributed by atoms with Crippen LogP contribution in [0.2, 0.25) is 0 Å². The summed E-state index contributed by atoms with van der Waals surface area (Å²) in [4.78, 5) is 28.6. The van der Waals surface area contributed by atoms with Crippen molar-refractivity contribution in [1.29, 1.82) is 0 Å². The highest BCUT2D eigenvalue weighted by Gasteiger charge is 2.35. The molecular weight excluding hydrogens is 551 g/mol. The minimum atomic E-state index is -4.33. The van der Waals surface area contributed by atoms with Crippen LogP contribution in [0.15, 0.2) is 42.6 Å². The molecule has 0 amide bonds. The van der Waals surface area contributed by atoms with E-state index in [0.29, 0.717) is 42.9 Å². The molecule has 0 radical (unpaired) electrons. The van der Waals surface area contributed by atoms with Gasteiger partial charge in [0.15, 0.2) is 0 Å². The van der Waals surface area contributed by atoms with Crippen LogP contribution in [0, 0.1) is 6.92 Å². The highest BCUT2D eigenvalue weighted by molar-refractivity contribution is 5.95. The number of fused-ring (bicyclic) bond motifs is 1. The molecule has 0 N–H and O–H groups in total. The number of carbonyl (C=O) groups excluding carboxylic acids is 2. The van der Waals surface area contributed by atoms with Crippen LogP contribution < -0.4 is 4.74 Å². The first-order valence-electron chi connectivity index (χ1n) is 13.8. The molecule has 0 unspecified atom stereocenters. The number of methoxy groups -OCH3 is 2. The third-order valence-corrected chi connectivity index (χ3v) is 7.31. The molecule has 0 saturated carbocycles. The topological polar surface area (TPSA) is 73.2 Å². The van der Waals surface area contributed by atoms with Crippen LogP contribution in [0.25, 0.3) is 10.9 Å². The van der Waals surface area contributed by atoms with E-state index in [-0.39, 0.29) is 6.54 Å². The number of hydrogen-bond acceptors (Lipinski definition) is 7. The fourth-order valence-electron chi connectivity index (χ4n) is 5.54. The number of aryl methyl sites for hydroxylation is 1. The van der Waals surface area contributed by atoms with Gasteiger partial charge in [-0.3, -0.25) is 14.4 Å². The van der Waals surface area contributed by atoms with E-state index < -0.39 is 36.4 Å². The lowest BCUT2D eigenvalue weighted by Gasteiger charge is -2.33. The van der Waals surface area contributed by atoms with Gasteiger partial charge >= 0.3 is 18.2 Å². The Morgan fingerprint density at radius 1 is 1.02 bits per heavy atom. The predicted octanol–water partition coefficient (Wildman–Crippen LogP) is 6.34. The normalized spacial score (nSPS) is 17.2. The monoisotopic (exact) mass is 589 g/mol. The molecule has 42 heavy (non-hydrogen) atoms. The second-order valence-electron chi connectivity index (χ2n) is 11.6. The number of aromatic nitrogens is 1. The summed E-state index contributed by atoms with van der Waals surface area (Å²) in [5.74, 6) is 0.136. The Balaban J connectivity index is 1.76. The molecule has 4 rings (SSSR count).